The smallest absolute Gasteiger partial charge is 0.373 e. The molecular formula is C14H17NO4S. The average Bonchev–Trinajstić information content (AvgIpc) is 3.12. The van der Waals surface area contributed by atoms with Gasteiger partial charge in [0.2, 0.25) is 5.76 Å². The number of hydrogen-bond donors (Lipinski definition) is 1. The minimum atomic E-state index is -0.482. The van der Waals surface area contributed by atoms with Crippen molar-refractivity contribution in [2.75, 3.05) is 20.8 Å². The van der Waals surface area contributed by atoms with E-state index in [1.807, 2.05) is 18.4 Å². The molecule has 0 bridgehead atoms. The van der Waals surface area contributed by atoms with Gasteiger partial charge in [-0.05, 0) is 30.1 Å². The number of furan rings is 1. The normalized spacial score (nSPS) is 12.2. The molecule has 0 aliphatic rings. The molecule has 0 spiro atoms. The summed E-state index contributed by atoms with van der Waals surface area (Å²) in [4.78, 5) is 12.5. The summed E-state index contributed by atoms with van der Waals surface area (Å²) in [6.45, 7) is 2.78. The number of carbonyl (C=O) groups excluding carboxylic acids is 1. The van der Waals surface area contributed by atoms with E-state index in [-0.39, 0.29) is 11.8 Å². The van der Waals surface area contributed by atoms with Crippen LogP contribution in [0.15, 0.2) is 28.0 Å². The lowest BCUT2D eigenvalue weighted by Gasteiger charge is -2.15. The summed E-state index contributed by atoms with van der Waals surface area (Å²) in [7, 11) is 2.96. The third-order valence-electron chi connectivity index (χ3n) is 2.85. The Bertz CT molecular complexity index is 575. The number of rotatable bonds is 6. The van der Waals surface area contributed by atoms with E-state index in [0.29, 0.717) is 5.76 Å². The minimum absolute atomic E-state index is 0.145. The molecule has 20 heavy (non-hydrogen) atoms. The van der Waals surface area contributed by atoms with Gasteiger partial charge in [0.15, 0.2) is 0 Å². The average molecular weight is 295 g/mol. The number of methoxy groups -OCH3 is 2. The van der Waals surface area contributed by atoms with E-state index in [9.17, 15) is 4.79 Å². The number of nitrogens with one attached hydrogen (secondary N) is 1. The van der Waals surface area contributed by atoms with Gasteiger partial charge in [0, 0.05) is 0 Å². The molecule has 1 atom stereocenters. The molecule has 6 heteroatoms. The van der Waals surface area contributed by atoms with Crippen LogP contribution in [0.4, 0.5) is 0 Å². The summed E-state index contributed by atoms with van der Waals surface area (Å²) in [5.74, 6) is 1.18. The van der Waals surface area contributed by atoms with Crippen molar-refractivity contribution in [1.82, 2.24) is 5.32 Å². The molecule has 0 aliphatic heterocycles. The summed E-state index contributed by atoms with van der Waals surface area (Å²) in [6.07, 6.45) is 0. The molecule has 0 amide bonds. The molecule has 2 rings (SSSR count). The Morgan fingerprint density at radius 1 is 1.40 bits per heavy atom. The topological polar surface area (TPSA) is 60.7 Å². The molecule has 0 saturated heterocycles. The van der Waals surface area contributed by atoms with Gasteiger partial charge in [-0.1, -0.05) is 6.92 Å². The van der Waals surface area contributed by atoms with Crippen LogP contribution in [0, 0.1) is 0 Å². The second kappa shape index (κ2) is 6.58. The van der Waals surface area contributed by atoms with Crippen molar-refractivity contribution < 1.29 is 18.7 Å². The van der Waals surface area contributed by atoms with Crippen LogP contribution in [0.25, 0.3) is 0 Å². The fourth-order valence-corrected chi connectivity index (χ4v) is 2.87. The zero-order valence-electron chi connectivity index (χ0n) is 11.6. The first-order chi connectivity index (χ1) is 9.71. The van der Waals surface area contributed by atoms with Crippen molar-refractivity contribution in [3.8, 4) is 5.75 Å². The maximum absolute atomic E-state index is 11.5. The lowest BCUT2D eigenvalue weighted by molar-refractivity contribution is 0.0562. The molecule has 0 fully saturated rings. The van der Waals surface area contributed by atoms with Crippen LogP contribution in [0.3, 0.4) is 0 Å². The largest absolute Gasteiger partial charge is 0.496 e. The fourth-order valence-electron chi connectivity index (χ4n) is 1.93. The Morgan fingerprint density at radius 2 is 2.20 bits per heavy atom. The van der Waals surface area contributed by atoms with E-state index < -0.39 is 5.97 Å². The molecule has 2 heterocycles. The van der Waals surface area contributed by atoms with Crippen LogP contribution in [-0.2, 0) is 4.74 Å². The Balaban J connectivity index is 2.33. The molecule has 1 N–H and O–H groups in total. The summed E-state index contributed by atoms with van der Waals surface area (Å²) >= 11 is 1.58. The zero-order chi connectivity index (χ0) is 14.5. The zero-order valence-corrected chi connectivity index (χ0v) is 12.5. The number of hydrogen-bond acceptors (Lipinski definition) is 6. The fraction of sp³-hybridized carbons (Fsp3) is 0.357. The van der Waals surface area contributed by atoms with Gasteiger partial charge in [0.25, 0.3) is 0 Å². The van der Waals surface area contributed by atoms with Gasteiger partial charge in [-0.3, -0.25) is 0 Å². The summed E-state index contributed by atoms with van der Waals surface area (Å²) in [5, 5.41) is 5.29. The second-order valence-electron chi connectivity index (χ2n) is 4.04. The molecule has 0 aliphatic carbocycles. The lowest BCUT2D eigenvalue weighted by Crippen LogP contribution is -2.21. The van der Waals surface area contributed by atoms with Crippen LogP contribution in [-0.4, -0.2) is 26.7 Å². The Kier molecular flexibility index (Phi) is 4.81. The predicted octanol–water partition coefficient (Wildman–Crippen LogP) is 2.84. The van der Waals surface area contributed by atoms with Crippen molar-refractivity contribution in [2.45, 2.75) is 13.0 Å². The van der Waals surface area contributed by atoms with E-state index >= 15 is 0 Å². The number of ether oxygens (including phenoxy) is 2. The molecule has 5 nitrogen and oxygen atoms in total. The molecule has 1 unspecified atom stereocenters. The van der Waals surface area contributed by atoms with Crippen molar-refractivity contribution in [3.63, 3.8) is 0 Å². The van der Waals surface area contributed by atoms with Crippen LogP contribution >= 0.6 is 11.3 Å². The molecule has 0 saturated carbocycles. The first-order valence-electron chi connectivity index (χ1n) is 6.24. The molecular weight excluding hydrogens is 278 g/mol. The van der Waals surface area contributed by atoms with Crippen LogP contribution in [0.2, 0.25) is 0 Å². The highest BCUT2D eigenvalue weighted by molar-refractivity contribution is 7.10. The lowest BCUT2D eigenvalue weighted by atomic mass is 10.1. The van der Waals surface area contributed by atoms with Crippen LogP contribution < -0.4 is 10.1 Å². The van der Waals surface area contributed by atoms with Gasteiger partial charge in [-0.15, -0.1) is 11.3 Å². The summed E-state index contributed by atoms with van der Waals surface area (Å²) in [6, 6.07) is 5.16. The molecule has 108 valence electrons. The third-order valence-corrected chi connectivity index (χ3v) is 3.81. The Morgan fingerprint density at radius 3 is 2.85 bits per heavy atom. The van der Waals surface area contributed by atoms with Gasteiger partial charge >= 0.3 is 5.97 Å². The first-order valence-corrected chi connectivity index (χ1v) is 7.12. The number of carbonyl (C=O) groups is 1. The first kappa shape index (κ1) is 14.6. The van der Waals surface area contributed by atoms with E-state index in [2.05, 4.69) is 10.1 Å². The minimum Gasteiger partial charge on any atom is -0.496 e. The third kappa shape index (κ3) is 2.86. The highest BCUT2D eigenvalue weighted by atomic mass is 32.1. The monoisotopic (exact) mass is 295 g/mol. The Hall–Kier alpha value is -1.79. The molecule has 0 radical (unpaired) electrons. The van der Waals surface area contributed by atoms with Crippen molar-refractivity contribution in [3.05, 3.63) is 40.0 Å². The standard InChI is InChI=1S/C14H17NO4S/c1-4-15-12(13-10(17-2)7-8-20-13)9-5-6-11(19-9)14(16)18-3/h5-8,12,15H,4H2,1-3H3. The van der Waals surface area contributed by atoms with E-state index in [4.69, 9.17) is 9.15 Å². The van der Waals surface area contributed by atoms with Gasteiger partial charge in [0.1, 0.15) is 17.6 Å². The van der Waals surface area contributed by atoms with Crippen molar-refractivity contribution in [1.29, 1.82) is 0 Å². The molecule has 2 aromatic rings. The summed E-state index contributed by atoms with van der Waals surface area (Å²) < 4.78 is 15.6. The van der Waals surface area contributed by atoms with Gasteiger partial charge in [-0.25, -0.2) is 4.79 Å². The highest BCUT2D eigenvalue weighted by Gasteiger charge is 2.23. The SMILES string of the molecule is CCNC(c1ccc(C(=O)OC)o1)c1sccc1OC. The number of esters is 1. The summed E-state index contributed by atoms with van der Waals surface area (Å²) in [5.41, 5.74) is 0. The van der Waals surface area contributed by atoms with Gasteiger partial charge < -0.3 is 19.2 Å². The second-order valence-corrected chi connectivity index (χ2v) is 4.99. The maximum atomic E-state index is 11.5. The Labute approximate surface area is 121 Å². The van der Waals surface area contributed by atoms with E-state index in [0.717, 1.165) is 17.2 Å². The molecule has 0 aromatic carbocycles. The van der Waals surface area contributed by atoms with E-state index in [1.165, 1.54) is 7.11 Å². The predicted molar refractivity (Wildman–Crippen MR) is 76.4 cm³/mol. The van der Waals surface area contributed by atoms with Crippen LogP contribution in [0.1, 0.15) is 34.2 Å². The maximum Gasteiger partial charge on any atom is 0.373 e. The quantitative estimate of drug-likeness (QED) is 0.830. The van der Waals surface area contributed by atoms with Crippen molar-refractivity contribution in [2.24, 2.45) is 0 Å². The van der Waals surface area contributed by atoms with Gasteiger partial charge in [-0.2, -0.15) is 0 Å². The van der Waals surface area contributed by atoms with Crippen molar-refractivity contribution >= 4 is 17.3 Å². The molecule has 2 aromatic heterocycles. The van der Waals surface area contributed by atoms with E-state index in [1.54, 1.807) is 30.6 Å². The van der Waals surface area contributed by atoms with Gasteiger partial charge in [0.05, 0.1) is 19.1 Å². The van der Waals surface area contributed by atoms with Crippen LogP contribution in [0.5, 0.6) is 5.75 Å². The number of thiophene rings is 1. The highest BCUT2D eigenvalue weighted by Crippen LogP contribution is 2.35.